The quantitative estimate of drug-likeness (QED) is 0.0260. The topological polar surface area (TPSA) is 55.4 Å². The lowest BCUT2D eigenvalue weighted by Crippen LogP contribution is -2.10. The summed E-state index contributed by atoms with van der Waals surface area (Å²) in [6.07, 6.45) is 8.30. The van der Waals surface area contributed by atoms with Crippen LogP contribution >= 0.6 is 0 Å². The van der Waals surface area contributed by atoms with Gasteiger partial charge in [0.15, 0.2) is 69.4 Å². The highest BCUT2D eigenvalue weighted by Crippen LogP contribution is 2.65. The van der Waals surface area contributed by atoms with E-state index in [4.69, 9.17) is 28.4 Å². The van der Waals surface area contributed by atoms with Crippen molar-refractivity contribution in [2.24, 2.45) is 0 Å². The molecule has 10 aromatic carbocycles. The van der Waals surface area contributed by atoms with Gasteiger partial charge in [0, 0.05) is 64.6 Å². The van der Waals surface area contributed by atoms with Crippen molar-refractivity contribution < 1.29 is 54.8 Å². The molecule has 0 fully saturated rings. The average Bonchev–Trinajstić information content (AvgIpc) is 3.36. The first-order valence-electron chi connectivity index (χ1n) is 26.0. The maximum absolute atomic E-state index is 16.3. The molecule has 0 aliphatic rings. The summed E-state index contributed by atoms with van der Waals surface area (Å²) in [5.74, 6) is -5.26. The number of hydrogen-bond acceptors (Lipinski definition) is 6. The zero-order valence-corrected chi connectivity index (χ0v) is 41.9. The van der Waals surface area contributed by atoms with Gasteiger partial charge in [0.25, 0.3) is 0 Å². The number of unbranched alkanes of at least 4 members (excludes halogenated alkanes) is 6. The zero-order valence-electron chi connectivity index (χ0n) is 41.9. The van der Waals surface area contributed by atoms with Crippen LogP contribution in [0.5, 0.6) is 34.5 Å². The van der Waals surface area contributed by atoms with Crippen LogP contribution in [-0.2, 0) is 0 Å². The van der Waals surface area contributed by atoms with Crippen LogP contribution in [-0.4, -0.2) is 39.6 Å². The number of hydrogen-bond donors (Lipinski definition) is 0. The molecule has 0 radical (unpaired) electrons. The molecule has 0 aliphatic heterocycles. The largest absolute Gasteiger partial charge is 0.489 e. The van der Waals surface area contributed by atoms with Crippen LogP contribution in [0.3, 0.4) is 0 Å². The van der Waals surface area contributed by atoms with Crippen molar-refractivity contribution in [3.8, 4) is 34.5 Å². The fourth-order valence-corrected chi connectivity index (χ4v) is 10.8. The van der Waals surface area contributed by atoms with Gasteiger partial charge in [-0.05, 0) is 107 Å². The minimum atomic E-state index is -1.10. The van der Waals surface area contributed by atoms with Gasteiger partial charge in [-0.2, -0.15) is 0 Å². The molecule has 0 saturated heterocycles. The zero-order chi connectivity index (χ0) is 50.5. The van der Waals surface area contributed by atoms with Crippen LogP contribution in [0.25, 0.3) is 97.0 Å². The average molecular weight is 991 g/mol. The molecule has 10 aromatic rings. The smallest absolute Gasteiger partial charge is 0.170 e. The van der Waals surface area contributed by atoms with Crippen LogP contribution in [0.1, 0.15) is 119 Å². The Morgan fingerprint density at radius 2 is 0.375 bits per heavy atom. The van der Waals surface area contributed by atoms with Gasteiger partial charge >= 0.3 is 0 Å². The maximum Gasteiger partial charge on any atom is 0.170 e. The van der Waals surface area contributed by atoms with Crippen molar-refractivity contribution in [2.45, 2.75) is 119 Å². The predicted molar refractivity (Wildman–Crippen MR) is 280 cm³/mol. The van der Waals surface area contributed by atoms with Gasteiger partial charge in [0.05, 0.1) is 39.6 Å². The normalized spacial score (nSPS) is 12.3. The van der Waals surface area contributed by atoms with E-state index in [-0.39, 0.29) is 106 Å². The van der Waals surface area contributed by atoms with Crippen molar-refractivity contribution in [1.82, 2.24) is 0 Å². The molecular formula is C60H60F6O6. The second kappa shape index (κ2) is 20.3. The Morgan fingerprint density at radius 3 is 0.500 bits per heavy atom. The predicted octanol–water partition coefficient (Wildman–Crippen LogP) is 18.3. The van der Waals surface area contributed by atoms with E-state index in [0.717, 1.165) is 38.5 Å². The molecule has 0 aliphatic carbocycles. The fourth-order valence-electron chi connectivity index (χ4n) is 10.8. The summed E-state index contributed by atoms with van der Waals surface area (Å²) in [6, 6.07) is 7.04. The molecule has 0 unspecified atom stereocenters. The first-order chi connectivity index (χ1) is 35.1. The Bertz CT molecular complexity index is 3010. The maximum atomic E-state index is 16.3. The second-order valence-corrected chi connectivity index (χ2v) is 19.1. The molecule has 0 amide bonds. The SMILES string of the molecule is CCCCOc1c(OCCCC)c2c3cc(F)c(F)cc3c3c(OCCCC)c(OCCCC)c4c5cc(F)c(F)cc5c5c(OCCCC)c(OCCCC)c6c7cc(F)c(F)cc7c1c1c2c3c4c5c61. The van der Waals surface area contributed by atoms with Crippen molar-refractivity contribution in [1.29, 1.82) is 0 Å². The summed E-state index contributed by atoms with van der Waals surface area (Å²) in [5.41, 5.74) is 0. The lowest BCUT2D eigenvalue weighted by atomic mass is 9.76. The third kappa shape index (κ3) is 7.75. The Labute approximate surface area is 414 Å². The molecule has 0 spiro atoms. The van der Waals surface area contributed by atoms with Crippen LogP contribution in [0, 0.1) is 34.9 Å². The van der Waals surface area contributed by atoms with E-state index >= 15 is 26.3 Å². The van der Waals surface area contributed by atoms with E-state index < -0.39 is 34.9 Å². The summed E-state index contributed by atoms with van der Waals surface area (Å²) in [4.78, 5) is 0. The standard InChI is InChI=1S/C60H60F6O6/c1-7-13-19-67-55-43-31-25-37(61)38(62)26-32(31)45-51-49(43)50-44(56(55)68-20-14-8-2)33-27-39(63)40(64)28-34(33)46-52(50)54-48(60(72-24-18-12-6)58(46)70-22-16-10-4)36-30-42(66)41(65)29-35(36)47(53(51)54)59(71-23-17-11-5)57(45)69-21-15-9-3/h25-30H,7-24H2,1-6H3. The molecule has 72 heavy (non-hydrogen) atoms. The molecule has 0 heterocycles. The Balaban J connectivity index is 1.65. The van der Waals surface area contributed by atoms with Crippen LogP contribution in [0.2, 0.25) is 0 Å². The van der Waals surface area contributed by atoms with E-state index in [1.807, 2.05) is 41.5 Å². The van der Waals surface area contributed by atoms with Gasteiger partial charge in [-0.1, -0.05) is 80.1 Å². The van der Waals surface area contributed by atoms with E-state index in [1.165, 1.54) is 36.4 Å². The van der Waals surface area contributed by atoms with Crippen LogP contribution < -0.4 is 28.4 Å². The molecule has 10 rings (SSSR count). The Hall–Kier alpha value is -6.30. The van der Waals surface area contributed by atoms with E-state index in [2.05, 4.69) is 0 Å². The van der Waals surface area contributed by atoms with Crippen molar-refractivity contribution in [3.05, 3.63) is 71.3 Å². The van der Waals surface area contributed by atoms with E-state index in [1.54, 1.807) is 0 Å². The van der Waals surface area contributed by atoms with Gasteiger partial charge in [-0.25, -0.2) is 26.3 Å². The monoisotopic (exact) mass is 990 g/mol. The number of ether oxygens (including phenoxy) is 6. The minimum Gasteiger partial charge on any atom is -0.489 e. The number of benzene rings is 10. The van der Waals surface area contributed by atoms with E-state index in [9.17, 15) is 0 Å². The lowest BCUT2D eigenvalue weighted by molar-refractivity contribution is 0.267. The van der Waals surface area contributed by atoms with Gasteiger partial charge in [0.2, 0.25) is 0 Å². The second-order valence-electron chi connectivity index (χ2n) is 19.1. The van der Waals surface area contributed by atoms with Gasteiger partial charge < -0.3 is 28.4 Å². The van der Waals surface area contributed by atoms with Crippen molar-refractivity contribution >= 4 is 97.0 Å². The van der Waals surface area contributed by atoms with E-state index in [0.29, 0.717) is 103 Å². The minimum absolute atomic E-state index is 0.203. The molecule has 0 aromatic heterocycles. The fraction of sp³-hybridized carbons (Fsp3) is 0.400. The third-order valence-electron chi connectivity index (χ3n) is 14.2. The summed E-state index contributed by atoms with van der Waals surface area (Å²) in [7, 11) is 0. The van der Waals surface area contributed by atoms with Gasteiger partial charge in [-0.3, -0.25) is 0 Å². The molecule has 12 heteroatoms. The number of rotatable bonds is 24. The van der Waals surface area contributed by atoms with Crippen LogP contribution in [0.15, 0.2) is 36.4 Å². The summed E-state index contributed by atoms with van der Waals surface area (Å²) < 4.78 is 139. The molecule has 0 atom stereocenters. The third-order valence-corrected chi connectivity index (χ3v) is 14.2. The van der Waals surface area contributed by atoms with Gasteiger partial charge in [0.1, 0.15) is 0 Å². The highest BCUT2D eigenvalue weighted by Gasteiger charge is 2.37. The molecule has 378 valence electrons. The van der Waals surface area contributed by atoms with Gasteiger partial charge in [-0.15, -0.1) is 0 Å². The Morgan fingerprint density at radius 1 is 0.236 bits per heavy atom. The summed E-state index contributed by atoms with van der Waals surface area (Å²) in [6.45, 7) is 13.4. The first kappa shape index (κ1) is 49.3. The highest BCUT2D eigenvalue weighted by atomic mass is 19.2. The summed E-state index contributed by atoms with van der Waals surface area (Å²) in [5, 5.41) is 7.23. The highest BCUT2D eigenvalue weighted by molar-refractivity contribution is 6.56. The molecule has 0 bridgehead atoms. The molecule has 0 saturated carbocycles. The summed E-state index contributed by atoms with van der Waals surface area (Å²) >= 11 is 0. The Kier molecular flexibility index (Phi) is 13.9. The van der Waals surface area contributed by atoms with Crippen molar-refractivity contribution in [3.63, 3.8) is 0 Å². The van der Waals surface area contributed by atoms with Crippen LogP contribution in [0.4, 0.5) is 26.3 Å². The first-order valence-corrected chi connectivity index (χ1v) is 26.0. The number of fused-ring (bicyclic) bond motifs is 9. The lowest BCUT2D eigenvalue weighted by Gasteiger charge is -2.31. The molecule has 6 nitrogen and oxygen atoms in total. The number of halogens is 6. The molecular weight excluding hydrogens is 931 g/mol. The van der Waals surface area contributed by atoms with Crippen molar-refractivity contribution in [2.75, 3.05) is 39.6 Å². The molecule has 0 N–H and O–H groups in total.